The smallest absolute Gasteiger partial charge is 0.233 e. The van der Waals surface area contributed by atoms with Crippen molar-refractivity contribution >= 4 is 5.91 Å². The molecule has 0 saturated carbocycles. The van der Waals surface area contributed by atoms with E-state index in [2.05, 4.69) is 10.6 Å². The molecule has 0 heterocycles. The van der Waals surface area contributed by atoms with Crippen LogP contribution in [0.2, 0.25) is 0 Å². The lowest BCUT2D eigenvalue weighted by atomic mass is 10.3. The van der Waals surface area contributed by atoms with Gasteiger partial charge in [-0.15, -0.1) is 0 Å². The van der Waals surface area contributed by atoms with E-state index in [-0.39, 0.29) is 19.1 Å². The molecule has 0 rings (SSSR count). The van der Waals surface area contributed by atoms with Crippen LogP contribution >= 0.6 is 0 Å². The zero-order valence-electron chi connectivity index (χ0n) is 11.4. The van der Waals surface area contributed by atoms with Gasteiger partial charge in [-0.2, -0.15) is 0 Å². The summed E-state index contributed by atoms with van der Waals surface area (Å²) in [6.07, 6.45) is 0.313. The molecule has 0 aliphatic heterocycles. The molecule has 0 radical (unpaired) electrons. The average Bonchev–Trinajstić information content (AvgIpc) is 2.36. The number of ether oxygens (including phenoxy) is 2. The molecule has 0 bridgehead atoms. The molecule has 0 aliphatic carbocycles. The molecule has 1 atom stereocenters. The summed E-state index contributed by atoms with van der Waals surface area (Å²) in [4.78, 5) is 11.2. The molecule has 0 aromatic rings. The fourth-order valence-electron chi connectivity index (χ4n) is 1.22. The first-order chi connectivity index (χ1) is 8.70. The van der Waals surface area contributed by atoms with Crippen molar-refractivity contribution in [3.8, 4) is 0 Å². The molecular weight excluding hydrogens is 236 g/mol. The molecule has 0 aromatic carbocycles. The Morgan fingerprint density at radius 2 is 2.00 bits per heavy atom. The maximum atomic E-state index is 11.2. The molecule has 3 N–H and O–H groups in total. The second-order valence-electron chi connectivity index (χ2n) is 3.91. The normalized spacial score (nSPS) is 12.4. The van der Waals surface area contributed by atoms with Gasteiger partial charge in [0.25, 0.3) is 0 Å². The van der Waals surface area contributed by atoms with E-state index in [0.717, 1.165) is 6.42 Å². The Hall–Kier alpha value is -0.690. The first-order valence-corrected chi connectivity index (χ1v) is 6.51. The molecule has 0 saturated heterocycles. The van der Waals surface area contributed by atoms with Gasteiger partial charge >= 0.3 is 0 Å². The van der Waals surface area contributed by atoms with Crippen molar-refractivity contribution in [2.24, 2.45) is 0 Å². The number of aliphatic hydroxyl groups is 1. The molecular formula is C12H26N2O4. The standard InChI is InChI=1S/C12H26N2O4/c1-3-5-14-12(16)9-13-8-11(15)10-18-7-6-17-4-2/h11,13,15H,3-10H2,1-2H3,(H,14,16). The highest BCUT2D eigenvalue weighted by atomic mass is 16.5. The van der Waals surface area contributed by atoms with Crippen molar-refractivity contribution in [2.75, 3.05) is 46.1 Å². The number of amides is 1. The number of hydrogen-bond donors (Lipinski definition) is 3. The predicted molar refractivity (Wildman–Crippen MR) is 69.5 cm³/mol. The van der Waals surface area contributed by atoms with Gasteiger partial charge in [-0.3, -0.25) is 4.79 Å². The van der Waals surface area contributed by atoms with Crippen LogP contribution in [0.4, 0.5) is 0 Å². The molecule has 1 amide bonds. The van der Waals surface area contributed by atoms with E-state index in [1.165, 1.54) is 0 Å². The van der Waals surface area contributed by atoms with Crippen molar-refractivity contribution in [3.63, 3.8) is 0 Å². The lowest BCUT2D eigenvalue weighted by Crippen LogP contribution is -2.38. The van der Waals surface area contributed by atoms with E-state index < -0.39 is 6.10 Å². The van der Waals surface area contributed by atoms with Gasteiger partial charge in [0.1, 0.15) is 0 Å². The molecule has 0 spiro atoms. The Kier molecular flexibility index (Phi) is 12.3. The van der Waals surface area contributed by atoms with E-state index in [9.17, 15) is 9.90 Å². The summed E-state index contributed by atoms with van der Waals surface area (Å²) in [6, 6.07) is 0. The predicted octanol–water partition coefficient (Wildman–Crippen LogP) is -0.484. The zero-order valence-corrected chi connectivity index (χ0v) is 11.4. The number of hydrogen-bond acceptors (Lipinski definition) is 5. The third kappa shape index (κ3) is 11.8. The van der Waals surface area contributed by atoms with Crippen LogP contribution in [0.1, 0.15) is 20.3 Å². The molecule has 108 valence electrons. The van der Waals surface area contributed by atoms with E-state index in [1.54, 1.807) is 0 Å². The maximum Gasteiger partial charge on any atom is 0.233 e. The van der Waals surface area contributed by atoms with Gasteiger partial charge in [0.05, 0.1) is 32.5 Å². The first-order valence-electron chi connectivity index (χ1n) is 6.51. The van der Waals surface area contributed by atoms with Gasteiger partial charge in [-0.1, -0.05) is 6.92 Å². The number of carbonyl (C=O) groups excluding carboxylic acids is 1. The molecule has 1 unspecified atom stereocenters. The second kappa shape index (κ2) is 12.8. The third-order valence-corrected chi connectivity index (χ3v) is 2.12. The van der Waals surface area contributed by atoms with Crippen LogP contribution in [0.15, 0.2) is 0 Å². The van der Waals surface area contributed by atoms with E-state index in [4.69, 9.17) is 9.47 Å². The number of carbonyl (C=O) groups is 1. The summed E-state index contributed by atoms with van der Waals surface area (Å²) in [5, 5.41) is 15.1. The van der Waals surface area contributed by atoms with Gasteiger partial charge in [0, 0.05) is 19.7 Å². The van der Waals surface area contributed by atoms with Crippen LogP contribution in [-0.2, 0) is 14.3 Å². The van der Waals surface area contributed by atoms with Crippen molar-refractivity contribution in [3.05, 3.63) is 0 Å². The molecule has 6 heteroatoms. The minimum absolute atomic E-state index is 0.0543. The van der Waals surface area contributed by atoms with Crippen LogP contribution in [0.3, 0.4) is 0 Å². The fourth-order valence-corrected chi connectivity index (χ4v) is 1.22. The summed E-state index contributed by atoms with van der Waals surface area (Å²) in [6.45, 7) is 7.09. The minimum Gasteiger partial charge on any atom is -0.389 e. The quantitative estimate of drug-likeness (QED) is 0.414. The van der Waals surface area contributed by atoms with Crippen molar-refractivity contribution in [1.82, 2.24) is 10.6 Å². The summed E-state index contributed by atoms with van der Waals surface area (Å²) in [7, 11) is 0. The Bertz CT molecular complexity index is 203. The van der Waals surface area contributed by atoms with Crippen LogP contribution < -0.4 is 10.6 Å². The molecule has 18 heavy (non-hydrogen) atoms. The van der Waals surface area contributed by atoms with Crippen molar-refractivity contribution in [1.29, 1.82) is 0 Å². The first kappa shape index (κ1) is 17.3. The molecule has 0 aliphatic rings. The molecule has 6 nitrogen and oxygen atoms in total. The zero-order chi connectivity index (χ0) is 13.6. The second-order valence-corrected chi connectivity index (χ2v) is 3.91. The highest BCUT2D eigenvalue weighted by molar-refractivity contribution is 5.77. The lowest BCUT2D eigenvalue weighted by Gasteiger charge is -2.12. The number of aliphatic hydroxyl groups excluding tert-OH is 1. The Balaban J connectivity index is 3.30. The molecule has 0 fully saturated rings. The van der Waals surface area contributed by atoms with Gasteiger partial charge < -0.3 is 25.2 Å². The molecule has 0 aromatic heterocycles. The Morgan fingerprint density at radius 3 is 2.67 bits per heavy atom. The van der Waals surface area contributed by atoms with Gasteiger partial charge in [0.15, 0.2) is 0 Å². The van der Waals surface area contributed by atoms with Crippen LogP contribution in [0.5, 0.6) is 0 Å². The van der Waals surface area contributed by atoms with Gasteiger partial charge in [-0.25, -0.2) is 0 Å². The van der Waals surface area contributed by atoms with E-state index >= 15 is 0 Å². The number of rotatable bonds is 12. The van der Waals surface area contributed by atoms with Gasteiger partial charge in [-0.05, 0) is 13.3 Å². The highest BCUT2D eigenvalue weighted by Crippen LogP contribution is 1.85. The van der Waals surface area contributed by atoms with Crippen LogP contribution in [-0.4, -0.2) is 63.2 Å². The SMILES string of the molecule is CCCNC(=O)CNCC(O)COCCOCC. The fraction of sp³-hybridized carbons (Fsp3) is 0.917. The summed E-state index contributed by atoms with van der Waals surface area (Å²) in [5.74, 6) is -0.0543. The minimum atomic E-state index is -0.606. The number of nitrogens with one attached hydrogen (secondary N) is 2. The lowest BCUT2D eigenvalue weighted by molar-refractivity contribution is -0.120. The van der Waals surface area contributed by atoms with Crippen LogP contribution in [0.25, 0.3) is 0 Å². The Labute approximate surface area is 109 Å². The monoisotopic (exact) mass is 262 g/mol. The maximum absolute atomic E-state index is 11.2. The van der Waals surface area contributed by atoms with Crippen molar-refractivity contribution < 1.29 is 19.4 Å². The Morgan fingerprint density at radius 1 is 1.28 bits per heavy atom. The third-order valence-electron chi connectivity index (χ3n) is 2.12. The summed E-state index contributed by atoms with van der Waals surface area (Å²) in [5.41, 5.74) is 0. The van der Waals surface area contributed by atoms with Gasteiger partial charge in [0.2, 0.25) is 5.91 Å². The van der Waals surface area contributed by atoms with E-state index in [1.807, 2.05) is 13.8 Å². The van der Waals surface area contributed by atoms with Crippen LogP contribution in [0, 0.1) is 0 Å². The topological polar surface area (TPSA) is 79.8 Å². The average molecular weight is 262 g/mol. The highest BCUT2D eigenvalue weighted by Gasteiger charge is 2.05. The summed E-state index contributed by atoms with van der Waals surface area (Å²) < 4.78 is 10.3. The van der Waals surface area contributed by atoms with E-state index in [0.29, 0.717) is 32.9 Å². The largest absolute Gasteiger partial charge is 0.389 e. The summed E-state index contributed by atoms with van der Waals surface area (Å²) >= 11 is 0. The van der Waals surface area contributed by atoms with Crippen molar-refractivity contribution in [2.45, 2.75) is 26.4 Å².